The first-order valence-corrected chi connectivity index (χ1v) is 11.9. The molecule has 1 aliphatic heterocycles. The number of hydrogen-bond donors (Lipinski definition) is 2. The van der Waals surface area contributed by atoms with Crippen LogP contribution in [0.15, 0.2) is 6.07 Å². The number of thiophene rings is 1. The number of carbonyl (C=O) groups is 1. The summed E-state index contributed by atoms with van der Waals surface area (Å²) >= 11 is 1.27. The number of pyridine rings is 1. The molecule has 0 radical (unpaired) electrons. The van der Waals surface area contributed by atoms with Gasteiger partial charge in [-0.25, -0.2) is 9.67 Å². The lowest BCUT2D eigenvalue weighted by molar-refractivity contribution is 0.0944. The van der Waals surface area contributed by atoms with Crippen LogP contribution in [0.4, 0.5) is 11.4 Å². The van der Waals surface area contributed by atoms with Crippen molar-refractivity contribution in [1.29, 1.82) is 0 Å². The molecule has 4 N–H and O–H groups in total. The number of nitrogens with zero attached hydrogens (tertiary/aromatic N) is 6. The number of nitrogen functional groups attached to an aromatic ring is 1. The maximum absolute atomic E-state index is 11.8. The van der Waals surface area contributed by atoms with Gasteiger partial charge in [-0.15, -0.1) is 16.4 Å². The monoisotopic (exact) mass is 458 g/mol. The third kappa shape index (κ3) is 4.68. The molecular weight excluding hydrogens is 428 g/mol. The highest BCUT2D eigenvalue weighted by Gasteiger charge is 2.25. The maximum Gasteiger partial charge on any atom is 0.260 e. The third-order valence-electron chi connectivity index (χ3n) is 5.75. The van der Waals surface area contributed by atoms with Crippen LogP contribution in [0, 0.1) is 12.8 Å². The van der Waals surface area contributed by atoms with Gasteiger partial charge in [0.1, 0.15) is 9.71 Å². The topological polar surface area (TPSA) is 138 Å². The Morgan fingerprint density at radius 2 is 2.25 bits per heavy atom. The molecule has 0 aliphatic carbocycles. The lowest BCUT2D eigenvalue weighted by Gasteiger charge is -2.35. The molecule has 4 rings (SSSR count). The number of ether oxygens (including phenoxy) is 1. The Hall–Kier alpha value is -2.79. The van der Waals surface area contributed by atoms with Crippen LogP contribution in [0.2, 0.25) is 0 Å². The van der Waals surface area contributed by atoms with Crippen LogP contribution in [-0.4, -0.2) is 57.4 Å². The van der Waals surface area contributed by atoms with Crippen LogP contribution in [0.3, 0.4) is 0 Å². The highest BCUT2D eigenvalue weighted by Crippen LogP contribution is 2.40. The molecule has 0 spiro atoms. The number of aryl methyl sites for hydroxylation is 2. The third-order valence-corrected chi connectivity index (χ3v) is 6.87. The van der Waals surface area contributed by atoms with Crippen molar-refractivity contribution in [2.24, 2.45) is 11.7 Å². The molecule has 1 aliphatic rings. The summed E-state index contributed by atoms with van der Waals surface area (Å²) in [6.07, 6.45) is 3.88. The first kappa shape index (κ1) is 22.4. The van der Waals surface area contributed by atoms with E-state index < -0.39 is 5.91 Å². The minimum absolute atomic E-state index is 0.377. The number of nitrogens with two attached hydrogens (primary N) is 2. The van der Waals surface area contributed by atoms with Gasteiger partial charge in [-0.2, -0.15) is 0 Å². The van der Waals surface area contributed by atoms with Crippen LogP contribution in [-0.2, 0) is 17.7 Å². The standard InChI is InChI=1S/C21H30N8O2S/c1-3-7-29-16(25-26-27-29)6-9-31-12-14-5-4-8-28(11-14)15-10-13(2)24-21-17(15)18(22)19(32-21)20(23)30/h10,14H,3-9,11-12,22H2,1-2H3,(H2,23,30)/t14-/m0/s1. The normalized spacial score (nSPS) is 16.7. The van der Waals surface area contributed by atoms with Crippen molar-refractivity contribution in [3.63, 3.8) is 0 Å². The van der Waals surface area contributed by atoms with Crippen molar-refractivity contribution in [1.82, 2.24) is 25.2 Å². The van der Waals surface area contributed by atoms with Crippen LogP contribution >= 0.6 is 11.3 Å². The van der Waals surface area contributed by atoms with Crippen molar-refractivity contribution in [2.75, 3.05) is 36.9 Å². The van der Waals surface area contributed by atoms with Crippen molar-refractivity contribution >= 4 is 38.8 Å². The molecule has 1 amide bonds. The second-order valence-corrected chi connectivity index (χ2v) is 9.27. The zero-order valence-corrected chi connectivity index (χ0v) is 19.4. The molecular formula is C21H30N8O2S. The van der Waals surface area contributed by atoms with E-state index in [0.717, 1.165) is 66.3 Å². The number of carbonyl (C=O) groups excluding carboxylic acids is 1. The van der Waals surface area contributed by atoms with Crippen LogP contribution in [0.5, 0.6) is 0 Å². The van der Waals surface area contributed by atoms with E-state index >= 15 is 0 Å². The van der Waals surface area contributed by atoms with Gasteiger partial charge in [-0.3, -0.25) is 4.79 Å². The number of fused-ring (bicyclic) bond motifs is 1. The molecule has 1 saturated heterocycles. The van der Waals surface area contributed by atoms with E-state index in [1.807, 2.05) is 17.7 Å². The quantitative estimate of drug-likeness (QED) is 0.465. The lowest BCUT2D eigenvalue weighted by atomic mass is 9.98. The van der Waals surface area contributed by atoms with Crippen molar-refractivity contribution in [3.05, 3.63) is 22.5 Å². The minimum atomic E-state index is -0.510. The predicted molar refractivity (Wildman–Crippen MR) is 125 cm³/mol. The zero-order valence-electron chi connectivity index (χ0n) is 18.6. The first-order valence-electron chi connectivity index (χ1n) is 11.0. The van der Waals surface area contributed by atoms with Gasteiger partial charge in [-0.05, 0) is 48.6 Å². The van der Waals surface area contributed by atoms with Gasteiger partial charge in [0.05, 0.1) is 30.0 Å². The second-order valence-electron chi connectivity index (χ2n) is 8.27. The first-order chi connectivity index (χ1) is 15.5. The molecule has 172 valence electrons. The summed E-state index contributed by atoms with van der Waals surface area (Å²) in [7, 11) is 0. The summed E-state index contributed by atoms with van der Waals surface area (Å²) in [5.41, 5.74) is 14.2. The summed E-state index contributed by atoms with van der Waals surface area (Å²) in [6, 6.07) is 2.05. The summed E-state index contributed by atoms with van der Waals surface area (Å²) in [5, 5.41) is 12.7. The molecule has 11 heteroatoms. The largest absolute Gasteiger partial charge is 0.397 e. The molecule has 3 aromatic heterocycles. The number of anilines is 2. The van der Waals surface area contributed by atoms with E-state index in [9.17, 15) is 4.79 Å². The molecule has 0 saturated carbocycles. The van der Waals surface area contributed by atoms with E-state index in [2.05, 4.69) is 32.3 Å². The van der Waals surface area contributed by atoms with E-state index in [0.29, 0.717) is 36.1 Å². The van der Waals surface area contributed by atoms with Crippen LogP contribution in [0.25, 0.3) is 10.2 Å². The highest BCUT2D eigenvalue weighted by atomic mass is 32.1. The average molecular weight is 459 g/mol. The van der Waals surface area contributed by atoms with Gasteiger partial charge in [0, 0.05) is 31.7 Å². The number of piperidine rings is 1. The average Bonchev–Trinajstić information content (AvgIpc) is 3.35. The Morgan fingerprint density at radius 1 is 1.41 bits per heavy atom. The Bertz CT molecular complexity index is 1100. The fourth-order valence-corrected chi connectivity index (χ4v) is 5.29. The van der Waals surface area contributed by atoms with Gasteiger partial charge in [0.25, 0.3) is 5.91 Å². The second kappa shape index (κ2) is 9.78. The van der Waals surface area contributed by atoms with Gasteiger partial charge < -0.3 is 21.1 Å². The molecule has 1 atom stereocenters. The summed E-state index contributed by atoms with van der Waals surface area (Å²) in [6.45, 7) is 7.97. The number of rotatable bonds is 9. The number of hydrogen-bond acceptors (Lipinski definition) is 9. The SMILES string of the molecule is CCCn1nnnc1CCOC[C@H]1CCCN(c2cc(C)nc3sc(C(N)=O)c(N)c23)C1. The zero-order chi connectivity index (χ0) is 22.7. The lowest BCUT2D eigenvalue weighted by Crippen LogP contribution is -2.37. The molecule has 32 heavy (non-hydrogen) atoms. The molecule has 4 heterocycles. The van der Waals surface area contributed by atoms with E-state index in [1.165, 1.54) is 11.3 Å². The smallest absolute Gasteiger partial charge is 0.260 e. The number of aromatic nitrogens is 5. The van der Waals surface area contributed by atoms with E-state index in [4.69, 9.17) is 16.2 Å². The number of amides is 1. The van der Waals surface area contributed by atoms with Gasteiger partial charge >= 0.3 is 0 Å². The maximum atomic E-state index is 11.8. The molecule has 0 aromatic carbocycles. The Kier molecular flexibility index (Phi) is 6.85. The van der Waals surface area contributed by atoms with Gasteiger partial charge in [0.15, 0.2) is 5.82 Å². The molecule has 1 fully saturated rings. The Balaban J connectivity index is 1.41. The predicted octanol–water partition coefficient (Wildman–Crippen LogP) is 2.16. The molecule has 0 bridgehead atoms. The summed E-state index contributed by atoms with van der Waals surface area (Å²) < 4.78 is 7.84. The van der Waals surface area contributed by atoms with E-state index in [1.54, 1.807) is 0 Å². The van der Waals surface area contributed by atoms with E-state index in [-0.39, 0.29) is 0 Å². The highest BCUT2D eigenvalue weighted by molar-refractivity contribution is 7.21. The van der Waals surface area contributed by atoms with Crippen LogP contribution in [0.1, 0.15) is 47.4 Å². The Morgan fingerprint density at radius 3 is 3.03 bits per heavy atom. The number of primary amides is 1. The molecule has 3 aromatic rings. The summed E-state index contributed by atoms with van der Waals surface area (Å²) in [5.74, 6) is 0.767. The van der Waals surface area contributed by atoms with Crippen molar-refractivity contribution in [3.8, 4) is 0 Å². The van der Waals surface area contributed by atoms with Gasteiger partial charge in [0.2, 0.25) is 0 Å². The number of tetrazole rings is 1. The molecule has 0 unspecified atom stereocenters. The van der Waals surface area contributed by atoms with Crippen LogP contribution < -0.4 is 16.4 Å². The Labute approximate surface area is 190 Å². The fourth-order valence-electron chi connectivity index (χ4n) is 4.27. The minimum Gasteiger partial charge on any atom is -0.397 e. The molecule has 10 nitrogen and oxygen atoms in total. The van der Waals surface area contributed by atoms with Crippen molar-refractivity contribution < 1.29 is 9.53 Å². The fraction of sp³-hybridized carbons (Fsp3) is 0.571. The van der Waals surface area contributed by atoms with Crippen molar-refractivity contribution in [2.45, 2.75) is 46.1 Å². The summed E-state index contributed by atoms with van der Waals surface area (Å²) in [4.78, 5) is 19.8. The van der Waals surface area contributed by atoms with Gasteiger partial charge in [-0.1, -0.05) is 6.92 Å².